The Morgan fingerprint density at radius 2 is 1.87 bits per heavy atom. The van der Waals surface area contributed by atoms with Crippen LogP contribution >= 0.6 is 11.6 Å². The van der Waals surface area contributed by atoms with E-state index in [1.54, 1.807) is 0 Å². The first kappa shape index (κ1) is 12.2. The zero-order valence-corrected chi connectivity index (χ0v) is 10.8. The minimum Gasteiger partial charge on any atom is -0.359 e. The van der Waals surface area contributed by atoms with Gasteiger partial charge in [0.25, 0.3) is 0 Å². The summed E-state index contributed by atoms with van der Waals surface area (Å²) in [5, 5.41) is 0.549. The second-order valence-corrected chi connectivity index (χ2v) is 4.64. The molecule has 0 aliphatic rings. The summed E-state index contributed by atoms with van der Waals surface area (Å²) < 4.78 is 0. The van der Waals surface area contributed by atoms with E-state index in [2.05, 4.69) is 28.7 Å². The molecule has 0 aromatic carbocycles. The van der Waals surface area contributed by atoms with Crippen LogP contribution in [0, 0.1) is 19.8 Å². The highest BCUT2D eigenvalue weighted by Gasteiger charge is 2.12. The average molecular weight is 228 g/mol. The van der Waals surface area contributed by atoms with Gasteiger partial charge in [-0.05, 0) is 19.8 Å². The first-order valence-electron chi connectivity index (χ1n) is 5.13. The predicted octanol–water partition coefficient (Wildman–Crippen LogP) is 2.84. The summed E-state index contributed by atoms with van der Waals surface area (Å²) in [6, 6.07) is 0. The molecule has 0 N–H and O–H groups in total. The van der Waals surface area contributed by atoms with Crippen LogP contribution in [0.5, 0.6) is 0 Å². The number of hydrogen-bond acceptors (Lipinski definition) is 3. The highest BCUT2D eigenvalue weighted by molar-refractivity contribution is 6.30. The van der Waals surface area contributed by atoms with Gasteiger partial charge in [-0.2, -0.15) is 0 Å². The van der Waals surface area contributed by atoms with E-state index in [0.717, 1.165) is 23.8 Å². The molecule has 0 amide bonds. The molecule has 84 valence electrons. The third-order valence-electron chi connectivity index (χ3n) is 2.17. The van der Waals surface area contributed by atoms with Gasteiger partial charge >= 0.3 is 0 Å². The predicted molar refractivity (Wildman–Crippen MR) is 64.6 cm³/mol. The van der Waals surface area contributed by atoms with Gasteiger partial charge in [0.2, 0.25) is 0 Å². The van der Waals surface area contributed by atoms with Crippen molar-refractivity contribution in [2.45, 2.75) is 27.7 Å². The monoisotopic (exact) mass is 227 g/mol. The lowest BCUT2D eigenvalue weighted by molar-refractivity contribution is 0.632. The van der Waals surface area contributed by atoms with Crippen molar-refractivity contribution in [2.75, 3.05) is 18.5 Å². The smallest absolute Gasteiger partial charge is 0.137 e. The molecular formula is C11H18ClN3. The molecule has 0 atom stereocenters. The normalized spacial score (nSPS) is 10.9. The summed E-state index contributed by atoms with van der Waals surface area (Å²) in [4.78, 5) is 10.7. The third-order valence-corrected chi connectivity index (χ3v) is 2.54. The number of aryl methyl sites for hydroxylation is 1. The second kappa shape index (κ2) is 4.79. The quantitative estimate of drug-likeness (QED) is 0.744. The van der Waals surface area contributed by atoms with E-state index in [1.165, 1.54) is 0 Å². The lowest BCUT2D eigenvalue weighted by atomic mass is 10.2. The number of hydrogen-bond donors (Lipinski definition) is 0. The summed E-state index contributed by atoms with van der Waals surface area (Å²) in [6.07, 6.45) is 0. The first-order valence-corrected chi connectivity index (χ1v) is 5.51. The van der Waals surface area contributed by atoms with Gasteiger partial charge in [-0.15, -0.1) is 0 Å². The van der Waals surface area contributed by atoms with Crippen molar-refractivity contribution in [1.82, 2.24) is 9.97 Å². The number of rotatable bonds is 3. The average Bonchev–Trinajstić information content (AvgIpc) is 2.09. The minimum absolute atomic E-state index is 0.549. The van der Waals surface area contributed by atoms with E-state index >= 15 is 0 Å². The number of aromatic nitrogens is 2. The molecule has 4 heteroatoms. The van der Waals surface area contributed by atoms with Gasteiger partial charge in [0.1, 0.15) is 16.8 Å². The molecule has 0 saturated heterocycles. The van der Waals surface area contributed by atoms with Crippen LogP contribution in [0.4, 0.5) is 5.82 Å². The van der Waals surface area contributed by atoms with E-state index in [-0.39, 0.29) is 0 Å². The maximum Gasteiger partial charge on any atom is 0.137 e. The lowest BCUT2D eigenvalue weighted by Crippen LogP contribution is -2.24. The van der Waals surface area contributed by atoms with Crippen LogP contribution in [-0.2, 0) is 0 Å². The summed E-state index contributed by atoms with van der Waals surface area (Å²) >= 11 is 6.02. The Balaban J connectivity index is 3.02. The molecule has 1 aromatic heterocycles. The van der Waals surface area contributed by atoms with Crippen LogP contribution in [0.2, 0.25) is 5.15 Å². The zero-order chi connectivity index (χ0) is 11.6. The number of anilines is 1. The molecule has 0 spiro atoms. The van der Waals surface area contributed by atoms with Gasteiger partial charge in [0.05, 0.1) is 0 Å². The molecule has 1 rings (SSSR count). The van der Waals surface area contributed by atoms with Gasteiger partial charge in [0.15, 0.2) is 0 Å². The Labute approximate surface area is 96.5 Å². The minimum atomic E-state index is 0.549. The zero-order valence-electron chi connectivity index (χ0n) is 10.0. The molecule has 3 nitrogen and oxygen atoms in total. The Morgan fingerprint density at radius 3 is 2.40 bits per heavy atom. The fraction of sp³-hybridized carbons (Fsp3) is 0.636. The van der Waals surface area contributed by atoms with Crippen molar-refractivity contribution in [3.05, 3.63) is 16.5 Å². The number of nitrogens with zero attached hydrogens (tertiary/aromatic N) is 3. The van der Waals surface area contributed by atoms with Gasteiger partial charge < -0.3 is 4.90 Å². The maximum atomic E-state index is 6.02. The Morgan fingerprint density at radius 1 is 1.27 bits per heavy atom. The Hall–Kier alpha value is -0.830. The van der Waals surface area contributed by atoms with Crippen LogP contribution in [0.1, 0.15) is 25.2 Å². The van der Waals surface area contributed by atoms with Gasteiger partial charge in [-0.1, -0.05) is 25.4 Å². The van der Waals surface area contributed by atoms with Crippen molar-refractivity contribution in [3.8, 4) is 0 Å². The van der Waals surface area contributed by atoms with Crippen molar-refractivity contribution < 1.29 is 0 Å². The van der Waals surface area contributed by atoms with Crippen LogP contribution in [0.3, 0.4) is 0 Å². The first-order chi connectivity index (χ1) is 6.91. The molecular weight excluding hydrogens is 210 g/mol. The van der Waals surface area contributed by atoms with E-state index in [9.17, 15) is 0 Å². The Kier molecular flexibility index (Phi) is 3.91. The Bertz CT molecular complexity index is 350. The summed E-state index contributed by atoms with van der Waals surface area (Å²) in [5.74, 6) is 2.25. The molecule has 1 heterocycles. The standard InChI is InChI=1S/C11H18ClN3/c1-7(2)6-15(5)11-8(3)10(12)13-9(4)14-11/h7H,6H2,1-5H3. The highest BCUT2D eigenvalue weighted by Crippen LogP contribution is 2.22. The maximum absolute atomic E-state index is 6.02. The highest BCUT2D eigenvalue weighted by atomic mass is 35.5. The molecule has 0 aliphatic heterocycles. The van der Waals surface area contributed by atoms with E-state index < -0.39 is 0 Å². The summed E-state index contributed by atoms with van der Waals surface area (Å²) in [6.45, 7) is 9.14. The summed E-state index contributed by atoms with van der Waals surface area (Å²) in [5.41, 5.74) is 0.949. The topological polar surface area (TPSA) is 29.0 Å². The van der Waals surface area contributed by atoms with Crippen molar-refractivity contribution in [1.29, 1.82) is 0 Å². The lowest BCUT2D eigenvalue weighted by Gasteiger charge is -2.22. The molecule has 0 saturated carbocycles. The molecule has 15 heavy (non-hydrogen) atoms. The molecule has 0 aliphatic carbocycles. The molecule has 0 radical (unpaired) electrons. The summed E-state index contributed by atoms with van der Waals surface area (Å²) in [7, 11) is 2.03. The van der Waals surface area contributed by atoms with Crippen LogP contribution < -0.4 is 4.90 Å². The van der Waals surface area contributed by atoms with E-state index in [0.29, 0.717) is 11.1 Å². The van der Waals surface area contributed by atoms with Gasteiger partial charge in [0, 0.05) is 19.2 Å². The van der Waals surface area contributed by atoms with Crippen molar-refractivity contribution >= 4 is 17.4 Å². The van der Waals surface area contributed by atoms with Crippen LogP contribution in [-0.4, -0.2) is 23.6 Å². The van der Waals surface area contributed by atoms with E-state index in [4.69, 9.17) is 11.6 Å². The number of halogens is 1. The van der Waals surface area contributed by atoms with Gasteiger partial charge in [-0.3, -0.25) is 0 Å². The van der Waals surface area contributed by atoms with Crippen molar-refractivity contribution in [2.24, 2.45) is 5.92 Å². The molecule has 0 bridgehead atoms. The van der Waals surface area contributed by atoms with Crippen LogP contribution in [0.15, 0.2) is 0 Å². The SMILES string of the molecule is Cc1nc(Cl)c(C)c(N(C)CC(C)C)n1. The molecule has 1 aromatic rings. The van der Waals surface area contributed by atoms with Crippen molar-refractivity contribution in [3.63, 3.8) is 0 Å². The van der Waals surface area contributed by atoms with Gasteiger partial charge in [-0.25, -0.2) is 9.97 Å². The largest absolute Gasteiger partial charge is 0.359 e. The molecule has 0 fully saturated rings. The fourth-order valence-corrected chi connectivity index (χ4v) is 1.79. The van der Waals surface area contributed by atoms with Crippen LogP contribution in [0.25, 0.3) is 0 Å². The second-order valence-electron chi connectivity index (χ2n) is 4.28. The molecule has 0 unspecified atom stereocenters. The fourth-order valence-electron chi connectivity index (χ4n) is 1.59. The van der Waals surface area contributed by atoms with E-state index in [1.807, 2.05) is 20.9 Å². The third kappa shape index (κ3) is 3.06.